The molecule has 1 heterocycles. The molecule has 0 saturated carbocycles. The lowest BCUT2D eigenvalue weighted by Crippen LogP contribution is -2.41. The summed E-state index contributed by atoms with van der Waals surface area (Å²) >= 11 is 0. The van der Waals surface area contributed by atoms with E-state index in [-0.39, 0.29) is 24.4 Å². The van der Waals surface area contributed by atoms with Gasteiger partial charge in [-0.05, 0) is 26.0 Å². The zero-order chi connectivity index (χ0) is 16.8. The standard InChI is InChI=1S/C17H25N3O3/c1-13(2)20(14(3)21)12-17(22)18-15-6-4-5-7-16(15)19-8-10-23-11-9-19/h4-7,13H,8-12H2,1-3H3,(H,18,22). The van der Waals surface area contributed by atoms with E-state index in [0.717, 1.165) is 24.5 Å². The highest BCUT2D eigenvalue weighted by Gasteiger charge is 2.19. The highest BCUT2D eigenvalue weighted by Crippen LogP contribution is 2.26. The zero-order valence-corrected chi connectivity index (χ0v) is 14.0. The van der Waals surface area contributed by atoms with Gasteiger partial charge in [0.1, 0.15) is 6.54 Å². The number of carbonyl (C=O) groups is 2. The largest absolute Gasteiger partial charge is 0.378 e. The first-order valence-corrected chi connectivity index (χ1v) is 7.98. The maximum Gasteiger partial charge on any atom is 0.244 e. The highest BCUT2D eigenvalue weighted by atomic mass is 16.5. The van der Waals surface area contributed by atoms with Gasteiger partial charge >= 0.3 is 0 Å². The second-order valence-corrected chi connectivity index (χ2v) is 5.91. The number of morpholine rings is 1. The average molecular weight is 319 g/mol. The van der Waals surface area contributed by atoms with E-state index < -0.39 is 0 Å². The normalized spacial score (nSPS) is 14.7. The molecule has 0 unspecified atom stereocenters. The first-order chi connectivity index (χ1) is 11.0. The van der Waals surface area contributed by atoms with Crippen molar-refractivity contribution in [3.05, 3.63) is 24.3 Å². The van der Waals surface area contributed by atoms with E-state index in [4.69, 9.17) is 4.74 Å². The van der Waals surface area contributed by atoms with Crippen molar-refractivity contribution in [2.75, 3.05) is 43.1 Å². The summed E-state index contributed by atoms with van der Waals surface area (Å²) in [6, 6.07) is 7.72. The quantitative estimate of drug-likeness (QED) is 0.898. The Balaban J connectivity index is 2.07. The molecular formula is C17H25N3O3. The summed E-state index contributed by atoms with van der Waals surface area (Å²) in [5.41, 5.74) is 1.76. The van der Waals surface area contributed by atoms with E-state index in [9.17, 15) is 9.59 Å². The summed E-state index contributed by atoms with van der Waals surface area (Å²) in [4.78, 5) is 27.7. The van der Waals surface area contributed by atoms with Crippen LogP contribution in [0.15, 0.2) is 24.3 Å². The maximum absolute atomic E-state index is 12.3. The summed E-state index contributed by atoms with van der Waals surface area (Å²) in [7, 11) is 0. The van der Waals surface area contributed by atoms with Crippen molar-refractivity contribution in [3.8, 4) is 0 Å². The van der Waals surface area contributed by atoms with Crippen LogP contribution in [0, 0.1) is 0 Å². The van der Waals surface area contributed by atoms with E-state index in [1.54, 1.807) is 4.90 Å². The minimum absolute atomic E-state index is 0.00672. The summed E-state index contributed by atoms with van der Waals surface area (Å²) in [5.74, 6) is -0.286. The molecule has 0 radical (unpaired) electrons. The van der Waals surface area contributed by atoms with Crippen molar-refractivity contribution in [1.82, 2.24) is 4.90 Å². The Kier molecular flexibility index (Phi) is 5.98. The Hall–Kier alpha value is -2.08. The number of carbonyl (C=O) groups excluding carboxylic acids is 2. The molecule has 6 nitrogen and oxygen atoms in total. The van der Waals surface area contributed by atoms with Crippen LogP contribution in [0.3, 0.4) is 0 Å². The smallest absolute Gasteiger partial charge is 0.244 e. The number of hydrogen-bond donors (Lipinski definition) is 1. The number of amides is 2. The topological polar surface area (TPSA) is 61.9 Å². The Morgan fingerprint density at radius 3 is 2.52 bits per heavy atom. The lowest BCUT2D eigenvalue weighted by Gasteiger charge is -2.31. The molecule has 2 rings (SSSR count). The number of hydrogen-bond acceptors (Lipinski definition) is 4. The molecule has 0 atom stereocenters. The molecular weight excluding hydrogens is 294 g/mol. The lowest BCUT2D eigenvalue weighted by atomic mass is 10.2. The predicted molar refractivity (Wildman–Crippen MR) is 90.6 cm³/mol. The zero-order valence-electron chi connectivity index (χ0n) is 14.0. The Labute approximate surface area is 137 Å². The van der Waals surface area contributed by atoms with Crippen molar-refractivity contribution in [2.45, 2.75) is 26.8 Å². The minimum Gasteiger partial charge on any atom is -0.378 e. The van der Waals surface area contributed by atoms with Crippen LogP contribution in [0.25, 0.3) is 0 Å². The maximum atomic E-state index is 12.3. The van der Waals surface area contributed by atoms with Crippen LogP contribution in [-0.2, 0) is 14.3 Å². The van der Waals surface area contributed by atoms with Gasteiger partial charge in [0.15, 0.2) is 0 Å². The molecule has 1 aliphatic rings. The Bertz CT molecular complexity index is 554. The third kappa shape index (κ3) is 4.69. The second kappa shape index (κ2) is 7.97. The number of para-hydroxylation sites is 2. The fraction of sp³-hybridized carbons (Fsp3) is 0.529. The highest BCUT2D eigenvalue weighted by molar-refractivity contribution is 5.97. The van der Waals surface area contributed by atoms with Gasteiger partial charge in [0.05, 0.1) is 24.6 Å². The molecule has 6 heteroatoms. The third-order valence-electron chi connectivity index (χ3n) is 3.87. The van der Waals surface area contributed by atoms with Gasteiger partial charge in [0.25, 0.3) is 0 Å². The van der Waals surface area contributed by atoms with Gasteiger partial charge in [-0.1, -0.05) is 12.1 Å². The first-order valence-electron chi connectivity index (χ1n) is 7.98. The summed E-state index contributed by atoms with van der Waals surface area (Å²) in [5, 5.41) is 2.93. The minimum atomic E-state index is -0.186. The van der Waals surface area contributed by atoms with Gasteiger partial charge in [-0.25, -0.2) is 0 Å². The van der Waals surface area contributed by atoms with E-state index in [1.807, 2.05) is 38.1 Å². The number of nitrogens with zero attached hydrogens (tertiary/aromatic N) is 2. The molecule has 1 fully saturated rings. The van der Waals surface area contributed by atoms with E-state index in [0.29, 0.717) is 13.2 Å². The van der Waals surface area contributed by atoms with Gasteiger partial charge in [-0.15, -0.1) is 0 Å². The molecule has 0 aromatic heterocycles. The van der Waals surface area contributed by atoms with Crippen LogP contribution >= 0.6 is 0 Å². The molecule has 1 aliphatic heterocycles. The van der Waals surface area contributed by atoms with E-state index in [1.165, 1.54) is 6.92 Å². The molecule has 1 aromatic rings. The van der Waals surface area contributed by atoms with Gasteiger partial charge < -0.3 is 19.9 Å². The molecule has 1 aromatic carbocycles. The molecule has 0 aliphatic carbocycles. The number of ether oxygens (including phenoxy) is 1. The third-order valence-corrected chi connectivity index (χ3v) is 3.87. The van der Waals surface area contributed by atoms with Crippen molar-refractivity contribution in [1.29, 1.82) is 0 Å². The van der Waals surface area contributed by atoms with Crippen LogP contribution in [0.1, 0.15) is 20.8 Å². The number of benzene rings is 1. The number of rotatable bonds is 5. The van der Waals surface area contributed by atoms with Gasteiger partial charge in [0, 0.05) is 26.1 Å². The summed E-state index contributed by atoms with van der Waals surface area (Å²) in [6.45, 7) is 8.32. The van der Waals surface area contributed by atoms with Crippen LogP contribution in [-0.4, -0.2) is 55.6 Å². The molecule has 2 amide bonds. The second-order valence-electron chi connectivity index (χ2n) is 5.91. The summed E-state index contributed by atoms with van der Waals surface area (Å²) < 4.78 is 5.37. The average Bonchev–Trinajstić information content (AvgIpc) is 2.53. The Morgan fingerprint density at radius 2 is 1.91 bits per heavy atom. The molecule has 1 N–H and O–H groups in total. The van der Waals surface area contributed by atoms with Crippen LogP contribution < -0.4 is 10.2 Å². The van der Waals surface area contributed by atoms with Gasteiger partial charge in [-0.2, -0.15) is 0 Å². The fourth-order valence-corrected chi connectivity index (χ4v) is 2.66. The predicted octanol–water partition coefficient (Wildman–Crippen LogP) is 1.72. The number of nitrogens with one attached hydrogen (secondary N) is 1. The molecule has 1 saturated heterocycles. The molecule has 0 bridgehead atoms. The van der Waals surface area contributed by atoms with Crippen LogP contribution in [0.5, 0.6) is 0 Å². The summed E-state index contributed by atoms with van der Waals surface area (Å²) in [6.07, 6.45) is 0. The molecule has 23 heavy (non-hydrogen) atoms. The van der Waals surface area contributed by atoms with Crippen molar-refractivity contribution in [3.63, 3.8) is 0 Å². The van der Waals surface area contributed by atoms with Crippen molar-refractivity contribution in [2.24, 2.45) is 0 Å². The lowest BCUT2D eigenvalue weighted by molar-refractivity contribution is -0.134. The monoisotopic (exact) mass is 319 g/mol. The molecule has 126 valence electrons. The first kappa shape index (κ1) is 17.3. The van der Waals surface area contributed by atoms with E-state index >= 15 is 0 Å². The van der Waals surface area contributed by atoms with Gasteiger partial charge in [0.2, 0.25) is 11.8 Å². The Morgan fingerprint density at radius 1 is 1.26 bits per heavy atom. The molecule has 0 spiro atoms. The van der Waals surface area contributed by atoms with Crippen molar-refractivity contribution >= 4 is 23.2 Å². The fourth-order valence-electron chi connectivity index (χ4n) is 2.66. The van der Waals surface area contributed by atoms with Crippen LogP contribution in [0.4, 0.5) is 11.4 Å². The van der Waals surface area contributed by atoms with Gasteiger partial charge in [-0.3, -0.25) is 9.59 Å². The SMILES string of the molecule is CC(=O)N(CC(=O)Nc1ccccc1N1CCOCC1)C(C)C. The number of anilines is 2. The van der Waals surface area contributed by atoms with E-state index in [2.05, 4.69) is 10.2 Å². The van der Waals surface area contributed by atoms with Crippen LogP contribution in [0.2, 0.25) is 0 Å². The van der Waals surface area contributed by atoms with Crippen molar-refractivity contribution < 1.29 is 14.3 Å².